The van der Waals surface area contributed by atoms with E-state index in [1.54, 1.807) is 17.5 Å². The van der Waals surface area contributed by atoms with E-state index in [1.807, 2.05) is 17.4 Å². The molecule has 4 rings (SSSR count). The van der Waals surface area contributed by atoms with E-state index in [-0.39, 0.29) is 11.8 Å². The SMILES string of the molecule is Cc1cc(C)c2sc(N(CCCn3ccnc3)C(=O)C3CCCC3)nc2c1. The van der Waals surface area contributed by atoms with Crippen molar-refractivity contribution in [2.24, 2.45) is 5.92 Å². The number of benzene rings is 1. The molecule has 0 N–H and O–H groups in total. The molecule has 0 atom stereocenters. The van der Waals surface area contributed by atoms with Crippen LogP contribution in [0.3, 0.4) is 0 Å². The lowest BCUT2D eigenvalue weighted by Crippen LogP contribution is -2.36. The third-order valence-corrected chi connectivity index (χ3v) is 6.60. The Morgan fingerprint density at radius 2 is 2.11 bits per heavy atom. The number of imidazole rings is 1. The largest absolute Gasteiger partial charge is 0.337 e. The standard InChI is InChI=1S/C21H26N4OS/c1-15-12-16(2)19-18(13-15)23-21(27-19)25(20(26)17-6-3-4-7-17)10-5-9-24-11-8-22-14-24/h8,11-14,17H,3-7,9-10H2,1-2H3. The maximum atomic E-state index is 13.2. The minimum absolute atomic E-state index is 0.160. The van der Waals surface area contributed by atoms with Gasteiger partial charge in [-0.1, -0.05) is 30.2 Å². The molecular weight excluding hydrogens is 356 g/mol. The van der Waals surface area contributed by atoms with Gasteiger partial charge in [-0.15, -0.1) is 0 Å². The van der Waals surface area contributed by atoms with Crippen LogP contribution in [0.15, 0.2) is 30.9 Å². The summed E-state index contributed by atoms with van der Waals surface area (Å²) in [5.41, 5.74) is 3.46. The lowest BCUT2D eigenvalue weighted by molar-refractivity contribution is -0.122. The molecule has 1 fully saturated rings. The van der Waals surface area contributed by atoms with E-state index >= 15 is 0 Å². The van der Waals surface area contributed by atoms with Crippen molar-refractivity contribution in [2.45, 2.75) is 52.5 Å². The minimum atomic E-state index is 0.160. The fourth-order valence-electron chi connectivity index (χ4n) is 4.00. The maximum Gasteiger partial charge on any atom is 0.231 e. The van der Waals surface area contributed by atoms with Gasteiger partial charge in [0, 0.05) is 31.4 Å². The normalized spacial score (nSPS) is 14.9. The number of rotatable bonds is 6. The molecule has 1 aliphatic carbocycles. The Morgan fingerprint density at radius 1 is 1.30 bits per heavy atom. The summed E-state index contributed by atoms with van der Waals surface area (Å²) >= 11 is 1.65. The molecule has 3 aromatic rings. The fourth-order valence-corrected chi connectivity index (χ4v) is 5.05. The highest BCUT2D eigenvalue weighted by atomic mass is 32.1. The minimum Gasteiger partial charge on any atom is -0.337 e. The molecule has 1 aromatic carbocycles. The first kappa shape index (κ1) is 18.2. The molecule has 142 valence electrons. The second kappa shape index (κ2) is 7.80. The van der Waals surface area contributed by atoms with E-state index < -0.39 is 0 Å². The zero-order chi connectivity index (χ0) is 18.8. The summed E-state index contributed by atoms with van der Waals surface area (Å²) in [6.07, 6.45) is 10.8. The summed E-state index contributed by atoms with van der Waals surface area (Å²) in [7, 11) is 0. The quantitative estimate of drug-likeness (QED) is 0.620. The van der Waals surface area contributed by atoms with Crippen LogP contribution in [0, 0.1) is 19.8 Å². The van der Waals surface area contributed by atoms with Crippen molar-refractivity contribution in [1.29, 1.82) is 0 Å². The third-order valence-electron chi connectivity index (χ3n) is 5.37. The van der Waals surface area contributed by atoms with Gasteiger partial charge in [0.1, 0.15) is 0 Å². The fraction of sp³-hybridized carbons (Fsp3) is 0.476. The number of fused-ring (bicyclic) bond motifs is 1. The van der Waals surface area contributed by atoms with Crippen molar-refractivity contribution >= 4 is 32.6 Å². The molecule has 0 spiro atoms. The van der Waals surface area contributed by atoms with Crippen LogP contribution in [-0.2, 0) is 11.3 Å². The summed E-state index contributed by atoms with van der Waals surface area (Å²) in [5, 5.41) is 0.848. The Morgan fingerprint density at radius 3 is 2.85 bits per heavy atom. The molecule has 0 saturated heterocycles. The van der Waals surface area contributed by atoms with Crippen LogP contribution in [0.1, 0.15) is 43.2 Å². The highest BCUT2D eigenvalue weighted by Crippen LogP contribution is 2.35. The molecule has 0 bridgehead atoms. The lowest BCUT2D eigenvalue weighted by atomic mass is 10.1. The predicted molar refractivity (Wildman–Crippen MR) is 110 cm³/mol. The van der Waals surface area contributed by atoms with Crippen molar-refractivity contribution in [3.63, 3.8) is 0 Å². The zero-order valence-corrected chi connectivity index (χ0v) is 16.8. The molecule has 0 aliphatic heterocycles. The second-order valence-corrected chi connectivity index (χ2v) is 8.53. The molecule has 6 heteroatoms. The number of anilines is 1. The number of aromatic nitrogens is 3. The van der Waals surface area contributed by atoms with Crippen LogP contribution >= 0.6 is 11.3 Å². The highest BCUT2D eigenvalue weighted by Gasteiger charge is 2.29. The van der Waals surface area contributed by atoms with Gasteiger partial charge >= 0.3 is 0 Å². The van der Waals surface area contributed by atoms with Gasteiger partial charge in [-0.2, -0.15) is 0 Å². The first-order valence-corrected chi connectivity index (χ1v) is 10.6. The van der Waals surface area contributed by atoms with Gasteiger partial charge in [0.15, 0.2) is 5.13 Å². The third kappa shape index (κ3) is 3.90. The highest BCUT2D eigenvalue weighted by molar-refractivity contribution is 7.22. The summed E-state index contributed by atoms with van der Waals surface area (Å²) in [6.45, 7) is 5.78. The van der Waals surface area contributed by atoms with Crippen molar-refractivity contribution in [2.75, 3.05) is 11.4 Å². The van der Waals surface area contributed by atoms with Crippen molar-refractivity contribution in [3.8, 4) is 0 Å². The molecular formula is C21H26N4OS. The summed E-state index contributed by atoms with van der Waals surface area (Å²) < 4.78 is 3.25. The maximum absolute atomic E-state index is 13.2. The monoisotopic (exact) mass is 382 g/mol. The number of thiazole rings is 1. The van der Waals surface area contributed by atoms with E-state index in [2.05, 4.69) is 35.5 Å². The number of hydrogen-bond acceptors (Lipinski definition) is 4. The van der Waals surface area contributed by atoms with Crippen LogP contribution in [0.4, 0.5) is 5.13 Å². The number of aryl methyl sites for hydroxylation is 3. The van der Waals surface area contributed by atoms with Gasteiger partial charge in [-0.3, -0.25) is 9.69 Å². The second-order valence-electron chi connectivity index (χ2n) is 7.55. The van der Waals surface area contributed by atoms with Gasteiger partial charge in [0.05, 0.1) is 16.5 Å². The van der Waals surface area contributed by atoms with Gasteiger partial charge in [-0.25, -0.2) is 9.97 Å². The number of carbonyl (C=O) groups excluding carboxylic acids is 1. The Kier molecular flexibility index (Phi) is 5.25. The summed E-state index contributed by atoms with van der Waals surface area (Å²) in [6, 6.07) is 4.30. The Balaban J connectivity index is 1.60. The summed E-state index contributed by atoms with van der Waals surface area (Å²) in [5.74, 6) is 0.416. The average molecular weight is 383 g/mol. The van der Waals surface area contributed by atoms with Crippen LogP contribution in [0.25, 0.3) is 10.2 Å². The van der Waals surface area contributed by atoms with Crippen molar-refractivity contribution < 1.29 is 4.79 Å². The number of carbonyl (C=O) groups is 1. The Bertz CT molecular complexity index is 925. The van der Waals surface area contributed by atoms with E-state index in [1.165, 1.54) is 15.8 Å². The van der Waals surface area contributed by atoms with E-state index in [0.717, 1.165) is 49.3 Å². The van der Waals surface area contributed by atoms with Gasteiger partial charge in [0.2, 0.25) is 5.91 Å². The zero-order valence-electron chi connectivity index (χ0n) is 16.0. The van der Waals surface area contributed by atoms with E-state index in [0.29, 0.717) is 6.54 Å². The smallest absolute Gasteiger partial charge is 0.231 e. The molecule has 2 aromatic heterocycles. The molecule has 2 heterocycles. The Hall–Kier alpha value is -2.21. The van der Waals surface area contributed by atoms with E-state index in [4.69, 9.17) is 4.98 Å². The van der Waals surface area contributed by atoms with Crippen molar-refractivity contribution in [3.05, 3.63) is 42.0 Å². The molecule has 1 amide bonds. The number of amides is 1. The molecule has 0 unspecified atom stereocenters. The van der Waals surface area contributed by atoms with Crippen LogP contribution in [0.2, 0.25) is 0 Å². The summed E-state index contributed by atoms with van der Waals surface area (Å²) in [4.78, 5) is 24.1. The van der Waals surface area contributed by atoms with E-state index in [9.17, 15) is 4.79 Å². The van der Waals surface area contributed by atoms with Crippen molar-refractivity contribution in [1.82, 2.24) is 14.5 Å². The first-order chi connectivity index (χ1) is 13.1. The first-order valence-electron chi connectivity index (χ1n) is 9.77. The molecule has 0 radical (unpaired) electrons. The van der Waals surface area contributed by atoms with Crippen LogP contribution < -0.4 is 4.90 Å². The lowest BCUT2D eigenvalue weighted by Gasteiger charge is -2.23. The molecule has 27 heavy (non-hydrogen) atoms. The topological polar surface area (TPSA) is 51.0 Å². The molecule has 1 saturated carbocycles. The predicted octanol–water partition coefficient (Wildman–Crippen LogP) is 4.72. The van der Waals surface area contributed by atoms with Gasteiger partial charge in [0.25, 0.3) is 0 Å². The average Bonchev–Trinajstić information content (AvgIpc) is 3.38. The van der Waals surface area contributed by atoms with Gasteiger partial charge < -0.3 is 4.57 Å². The molecule has 5 nitrogen and oxygen atoms in total. The Labute approximate surface area is 164 Å². The van der Waals surface area contributed by atoms with Crippen LogP contribution in [0.5, 0.6) is 0 Å². The van der Waals surface area contributed by atoms with Crippen LogP contribution in [-0.4, -0.2) is 27.0 Å². The van der Waals surface area contributed by atoms with Gasteiger partial charge in [-0.05, 0) is 50.3 Å². The molecule has 1 aliphatic rings. The number of nitrogens with zero attached hydrogens (tertiary/aromatic N) is 4. The number of hydrogen-bond donors (Lipinski definition) is 0.